The molecule has 0 atom stereocenters. The van der Waals surface area contributed by atoms with E-state index in [1.807, 2.05) is 37.4 Å². The Kier molecular flexibility index (Phi) is 5.13. The molecule has 0 unspecified atom stereocenters. The van der Waals surface area contributed by atoms with Gasteiger partial charge in [-0.15, -0.1) is 11.8 Å². The lowest BCUT2D eigenvalue weighted by atomic mass is 10.2. The van der Waals surface area contributed by atoms with Crippen molar-refractivity contribution in [3.63, 3.8) is 0 Å². The van der Waals surface area contributed by atoms with Crippen LogP contribution in [-0.2, 0) is 0 Å². The lowest BCUT2D eigenvalue weighted by Crippen LogP contribution is -2.12. The fourth-order valence-corrected chi connectivity index (χ4v) is 2.70. The molecule has 5 heteroatoms. The minimum atomic E-state index is -0.207. The van der Waals surface area contributed by atoms with E-state index >= 15 is 0 Å². The van der Waals surface area contributed by atoms with Crippen LogP contribution in [0.1, 0.15) is 15.9 Å². The summed E-state index contributed by atoms with van der Waals surface area (Å²) in [7, 11) is 0. The molecule has 2 aromatic carbocycles. The fourth-order valence-electron chi connectivity index (χ4n) is 1.67. The summed E-state index contributed by atoms with van der Waals surface area (Å²) >= 11 is 11.1. The predicted octanol–water partition coefficient (Wildman–Crippen LogP) is 5.39. The molecule has 0 radical (unpaired) electrons. The molecule has 0 heterocycles. The van der Waals surface area contributed by atoms with Crippen LogP contribution in [0.2, 0.25) is 5.02 Å². The zero-order valence-corrected chi connectivity index (χ0v) is 14.2. The van der Waals surface area contributed by atoms with Crippen LogP contribution < -0.4 is 5.32 Å². The number of rotatable bonds is 3. The molecular weight excluding hydrogens is 358 g/mol. The largest absolute Gasteiger partial charge is 0.322 e. The van der Waals surface area contributed by atoms with Crippen molar-refractivity contribution in [2.45, 2.75) is 11.8 Å². The number of anilines is 1. The monoisotopic (exact) mass is 369 g/mol. The van der Waals surface area contributed by atoms with Crippen molar-refractivity contribution >= 4 is 50.9 Å². The van der Waals surface area contributed by atoms with Gasteiger partial charge < -0.3 is 5.32 Å². The van der Waals surface area contributed by atoms with Crippen molar-refractivity contribution < 1.29 is 4.79 Å². The molecule has 2 rings (SSSR count). The molecule has 2 aromatic rings. The van der Waals surface area contributed by atoms with Crippen LogP contribution in [0.5, 0.6) is 0 Å². The molecule has 0 bridgehead atoms. The Morgan fingerprint density at radius 1 is 1.25 bits per heavy atom. The Morgan fingerprint density at radius 2 is 2.00 bits per heavy atom. The summed E-state index contributed by atoms with van der Waals surface area (Å²) in [4.78, 5) is 13.3. The number of benzene rings is 2. The van der Waals surface area contributed by atoms with Gasteiger partial charge in [-0.25, -0.2) is 0 Å². The normalized spacial score (nSPS) is 10.4. The molecule has 0 aliphatic carbocycles. The number of halogens is 2. The third-order valence-electron chi connectivity index (χ3n) is 2.85. The minimum Gasteiger partial charge on any atom is -0.322 e. The average molecular weight is 371 g/mol. The summed E-state index contributed by atoms with van der Waals surface area (Å²) in [5, 5.41) is 3.31. The Morgan fingerprint density at radius 3 is 2.65 bits per heavy atom. The Balaban J connectivity index is 2.25. The highest BCUT2D eigenvalue weighted by molar-refractivity contribution is 9.10. The summed E-state index contributed by atoms with van der Waals surface area (Å²) in [5.74, 6) is -0.207. The third kappa shape index (κ3) is 3.57. The van der Waals surface area contributed by atoms with E-state index in [1.54, 1.807) is 23.9 Å². The first-order valence-corrected chi connectivity index (χ1v) is 8.32. The second-order valence-electron chi connectivity index (χ2n) is 4.26. The van der Waals surface area contributed by atoms with Crippen LogP contribution in [0.4, 0.5) is 5.69 Å². The smallest absolute Gasteiger partial charge is 0.257 e. The van der Waals surface area contributed by atoms with Crippen LogP contribution in [0.25, 0.3) is 0 Å². The highest BCUT2D eigenvalue weighted by Gasteiger charge is 2.12. The van der Waals surface area contributed by atoms with Crippen LogP contribution in [0.15, 0.2) is 45.8 Å². The van der Waals surface area contributed by atoms with Gasteiger partial charge in [-0.2, -0.15) is 0 Å². The Labute approximate surface area is 136 Å². The number of aryl methyl sites for hydroxylation is 1. The quantitative estimate of drug-likeness (QED) is 0.734. The highest BCUT2D eigenvalue weighted by atomic mass is 79.9. The maximum atomic E-state index is 12.3. The lowest BCUT2D eigenvalue weighted by Gasteiger charge is -2.09. The van der Waals surface area contributed by atoms with Crippen LogP contribution in [0, 0.1) is 6.92 Å². The van der Waals surface area contributed by atoms with E-state index in [0.717, 1.165) is 20.6 Å². The van der Waals surface area contributed by atoms with Gasteiger partial charge in [-0.1, -0.05) is 33.6 Å². The fraction of sp³-hybridized carbons (Fsp3) is 0.133. The van der Waals surface area contributed by atoms with Gasteiger partial charge in [-0.3, -0.25) is 4.79 Å². The van der Waals surface area contributed by atoms with Gasteiger partial charge in [0.2, 0.25) is 0 Å². The summed E-state index contributed by atoms with van der Waals surface area (Å²) in [6.07, 6.45) is 1.96. The second-order valence-corrected chi connectivity index (χ2v) is 6.41. The first kappa shape index (κ1) is 15.4. The molecule has 0 fully saturated rings. The molecule has 104 valence electrons. The van der Waals surface area contributed by atoms with E-state index in [1.165, 1.54) is 0 Å². The van der Waals surface area contributed by atoms with E-state index in [-0.39, 0.29) is 5.91 Å². The summed E-state index contributed by atoms with van der Waals surface area (Å²) in [5.41, 5.74) is 2.33. The molecule has 0 aliphatic rings. The lowest BCUT2D eigenvalue weighted by molar-refractivity contribution is 0.102. The van der Waals surface area contributed by atoms with Gasteiger partial charge >= 0.3 is 0 Å². The molecule has 0 aromatic heterocycles. The van der Waals surface area contributed by atoms with Crippen molar-refractivity contribution in [2.24, 2.45) is 0 Å². The van der Waals surface area contributed by atoms with Crippen LogP contribution in [-0.4, -0.2) is 12.2 Å². The predicted molar refractivity (Wildman–Crippen MR) is 90.1 cm³/mol. The molecular formula is C15H13BrClNOS. The Bertz CT molecular complexity index is 660. The van der Waals surface area contributed by atoms with Crippen LogP contribution >= 0.6 is 39.3 Å². The van der Waals surface area contributed by atoms with E-state index in [9.17, 15) is 4.79 Å². The van der Waals surface area contributed by atoms with Gasteiger partial charge in [0.1, 0.15) is 0 Å². The number of hydrogen-bond acceptors (Lipinski definition) is 2. The van der Waals surface area contributed by atoms with Gasteiger partial charge in [-0.05, 0) is 49.1 Å². The molecule has 0 saturated heterocycles. The maximum absolute atomic E-state index is 12.3. The second kappa shape index (κ2) is 6.66. The minimum absolute atomic E-state index is 0.207. The van der Waals surface area contributed by atoms with Crippen LogP contribution in [0.3, 0.4) is 0 Å². The van der Waals surface area contributed by atoms with Crippen molar-refractivity contribution in [1.82, 2.24) is 0 Å². The van der Waals surface area contributed by atoms with E-state index in [2.05, 4.69) is 21.2 Å². The van der Waals surface area contributed by atoms with Crippen molar-refractivity contribution in [3.8, 4) is 0 Å². The third-order valence-corrected chi connectivity index (χ3v) is 4.76. The molecule has 0 spiro atoms. The van der Waals surface area contributed by atoms with E-state index in [0.29, 0.717) is 10.6 Å². The van der Waals surface area contributed by atoms with Gasteiger partial charge in [0, 0.05) is 15.1 Å². The summed E-state index contributed by atoms with van der Waals surface area (Å²) in [6, 6.07) is 11.1. The summed E-state index contributed by atoms with van der Waals surface area (Å²) < 4.78 is 0.958. The van der Waals surface area contributed by atoms with Gasteiger partial charge in [0.05, 0.1) is 10.6 Å². The number of thioether (sulfide) groups is 1. The summed E-state index contributed by atoms with van der Waals surface area (Å²) in [6.45, 7) is 1.99. The van der Waals surface area contributed by atoms with Gasteiger partial charge in [0.15, 0.2) is 0 Å². The number of amides is 1. The average Bonchev–Trinajstić information content (AvgIpc) is 2.43. The molecule has 1 amide bonds. The maximum Gasteiger partial charge on any atom is 0.257 e. The molecule has 2 nitrogen and oxygen atoms in total. The highest BCUT2D eigenvalue weighted by Crippen LogP contribution is 2.25. The van der Waals surface area contributed by atoms with Gasteiger partial charge in [0.25, 0.3) is 5.91 Å². The number of carbonyl (C=O) groups is 1. The zero-order chi connectivity index (χ0) is 14.7. The Hall–Kier alpha value is -0.970. The van der Waals surface area contributed by atoms with Crippen molar-refractivity contribution in [3.05, 3.63) is 57.0 Å². The van der Waals surface area contributed by atoms with Crippen molar-refractivity contribution in [2.75, 3.05) is 11.6 Å². The molecule has 20 heavy (non-hydrogen) atoms. The number of hydrogen-bond donors (Lipinski definition) is 1. The first-order valence-electron chi connectivity index (χ1n) is 5.92. The number of carbonyl (C=O) groups excluding carboxylic acids is 1. The zero-order valence-electron chi connectivity index (χ0n) is 11.0. The standard InChI is InChI=1S/C15H13BrClNOS/c1-9-3-4-10(7-13(9)16)18-15(19)12-8-11(20-2)5-6-14(12)17/h3-8H,1-2H3,(H,18,19). The molecule has 0 saturated carbocycles. The SMILES string of the molecule is CSc1ccc(Cl)c(C(=O)Nc2ccc(C)c(Br)c2)c1. The van der Waals surface area contributed by atoms with E-state index < -0.39 is 0 Å². The first-order chi connectivity index (χ1) is 9.51. The topological polar surface area (TPSA) is 29.1 Å². The van der Waals surface area contributed by atoms with E-state index in [4.69, 9.17) is 11.6 Å². The number of nitrogens with one attached hydrogen (secondary N) is 1. The molecule has 1 N–H and O–H groups in total. The van der Waals surface area contributed by atoms with Crippen molar-refractivity contribution in [1.29, 1.82) is 0 Å². The molecule has 0 aliphatic heterocycles.